The minimum Gasteiger partial charge on any atom is -0.207 e. The molecule has 17 heavy (non-hydrogen) atoms. The van der Waals surface area contributed by atoms with Gasteiger partial charge in [0, 0.05) is 19.6 Å². The van der Waals surface area contributed by atoms with E-state index in [0.717, 1.165) is 19.4 Å². The summed E-state index contributed by atoms with van der Waals surface area (Å²) in [6.45, 7) is 0. The molecular weight excluding hydrogens is 367 g/mol. The summed E-state index contributed by atoms with van der Waals surface area (Å²) in [5.41, 5.74) is 0.723. The van der Waals surface area contributed by atoms with Crippen LogP contribution in [0.4, 0.5) is 4.39 Å². The fourth-order valence-electron chi connectivity index (χ4n) is 1.33. The lowest BCUT2D eigenvalue weighted by Gasteiger charge is -2.04. The van der Waals surface area contributed by atoms with Crippen molar-refractivity contribution >= 4 is 43.6 Å². The Morgan fingerprint density at radius 2 is 1.59 bits per heavy atom. The highest BCUT2D eigenvalue weighted by molar-refractivity contribution is 9.10. The lowest BCUT2D eigenvalue weighted by Crippen LogP contribution is -1.87. The van der Waals surface area contributed by atoms with Gasteiger partial charge < -0.3 is 0 Å². The van der Waals surface area contributed by atoms with E-state index < -0.39 is 0 Å². The van der Waals surface area contributed by atoms with Gasteiger partial charge in [-0.05, 0) is 42.0 Å². The molecule has 2 aromatic carbocycles. The molecule has 4 heteroatoms. The second kappa shape index (κ2) is 6.03. The van der Waals surface area contributed by atoms with Crippen LogP contribution in [0.25, 0.3) is 0 Å². The topological polar surface area (TPSA) is 0 Å². The Kier molecular flexibility index (Phi) is 4.65. The molecule has 0 unspecified atom stereocenters. The van der Waals surface area contributed by atoms with Crippen LogP contribution < -0.4 is 0 Å². The van der Waals surface area contributed by atoms with Crippen LogP contribution in [0.15, 0.2) is 56.3 Å². The zero-order valence-corrected chi connectivity index (χ0v) is 12.8. The Morgan fingerprint density at radius 3 is 2.24 bits per heavy atom. The Morgan fingerprint density at radius 1 is 0.941 bits per heavy atom. The maximum atomic E-state index is 13.6. The molecule has 0 aliphatic rings. The van der Waals surface area contributed by atoms with Crippen molar-refractivity contribution in [1.29, 1.82) is 0 Å². The van der Waals surface area contributed by atoms with E-state index >= 15 is 0 Å². The van der Waals surface area contributed by atoms with Crippen LogP contribution in [0.3, 0.4) is 0 Å². The summed E-state index contributed by atoms with van der Waals surface area (Å²) >= 11 is 8.26. The van der Waals surface area contributed by atoms with Crippen LogP contribution in [0.1, 0.15) is 5.56 Å². The molecule has 2 aromatic rings. The first-order valence-electron chi connectivity index (χ1n) is 4.97. The molecule has 0 spiro atoms. The minimum atomic E-state index is -0.163. The van der Waals surface area contributed by atoms with Crippen molar-refractivity contribution in [1.82, 2.24) is 0 Å². The maximum Gasteiger partial charge on any atom is 0.128 e. The van der Waals surface area contributed by atoms with Crippen molar-refractivity contribution in [2.24, 2.45) is 0 Å². The molecule has 0 N–H and O–H groups in total. The minimum absolute atomic E-state index is 0.163. The van der Waals surface area contributed by atoms with E-state index in [9.17, 15) is 4.39 Å². The van der Waals surface area contributed by atoms with Crippen molar-refractivity contribution in [3.8, 4) is 0 Å². The van der Waals surface area contributed by atoms with Crippen molar-refractivity contribution in [2.45, 2.75) is 10.6 Å². The van der Waals surface area contributed by atoms with Crippen molar-refractivity contribution in [2.75, 3.05) is 0 Å². The normalized spacial score (nSPS) is 10.5. The van der Waals surface area contributed by atoms with Gasteiger partial charge in [0.1, 0.15) is 5.82 Å². The molecule has 0 aliphatic carbocycles. The Balaban J connectivity index is 2.04. The molecule has 0 aromatic heterocycles. The van der Waals surface area contributed by atoms with Crippen molar-refractivity contribution < 1.29 is 4.39 Å². The molecule has 2 rings (SSSR count). The van der Waals surface area contributed by atoms with E-state index in [2.05, 4.69) is 31.9 Å². The van der Waals surface area contributed by atoms with Crippen LogP contribution in [-0.2, 0) is 5.75 Å². The van der Waals surface area contributed by atoms with Crippen LogP contribution in [0.2, 0.25) is 0 Å². The van der Waals surface area contributed by atoms with Gasteiger partial charge >= 0.3 is 0 Å². The summed E-state index contributed by atoms with van der Waals surface area (Å²) in [6.07, 6.45) is 0. The number of hydrogen-bond acceptors (Lipinski definition) is 1. The van der Waals surface area contributed by atoms with E-state index in [4.69, 9.17) is 0 Å². The summed E-state index contributed by atoms with van der Waals surface area (Å²) < 4.78 is 15.4. The number of halogens is 3. The van der Waals surface area contributed by atoms with E-state index in [-0.39, 0.29) is 5.82 Å². The Hall–Kier alpha value is -0.320. The molecule has 0 radical (unpaired) electrons. The van der Waals surface area contributed by atoms with Gasteiger partial charge in [-0.3, -0.25) is 0 Å². The summed E-state index contributed by atoms with van der Waals surface area (Å²) in [6, 6.07) is 13.2. The van der Waals surface area contributed by atoms with Gasteiger partial charge in [0.2, 0.25) is 0 Å². The first-order valence-corrected chi connectivity index (χ1v) is 7.54. The lowest BCUT2D eigenvalue weighted by molar-refractivity contribution is 0.616. The highest BCUT2D eigenvalue weighted by atomic mass is 79.9. The number of hydrogen-bond donors (Lipinski definition) is 0. The SMILES string of the molecule is Fc1cc(Br)ccc1CSc1ccc(Br)cc1. The van der Waals surface area contributed by atoms with Crippen LogP contribution in [-0.4, -0.2) is 0 Å². The van der Waals surface area contributed by atoms with Gasteiger partial charge in [-0.15, -0.1) is 11.8 Å². The van der Waals surface area contributed by atoms with Crippen LogP contribution >= 0.6 is 43.6 Å². The lowest BCUT2D eigenvalue weighted by atomic mass is 10.2. The van der Waals surface area contributed by atoms with E-state index in [1.165, 1.54) is 6.07 Å². The summed E-state index contributed by atoms with van der Waals surface area (Å²) in [5.74, 6) is 0.477. The highest BCUT2D eigenvalue weighted by Crippen LogP contribution is 2.26. The molecule has 0 nitrogen and oxygen atoms in total. The second-order valence-corrected chi connectivity index (χ2v) is 6.36. The molecule has 0 fully saturated rings. The Bertz CT molecular complexity index is 511. The third-order valence-electron chi connectivity index (χ3n) is 2.22. The highest BCUT2D eigenvalue weighted by Gasteiger charge is 2.03. The molecule has 0 saturated heterocycles. The summed E-state index contributed by atoms with van der Waals surface area (Å²) in [5, 5.41) is 0. The zero-order valence-electron chi connectivity index (χ0n) is 8.79. The van der Waals surface area contributed by atoms with Crippen LogP contribution in [0.5, 0.6) is 0 Å². The van der Waals surface area contributed by atoms with E-state index in [1.807, 2.05) is 36.4 Å². The van der Waals surface area contributed by atoms with Gasteiger partial charge in [-0.25, -0.2) is 4.39 Å². The number of thioether (sulfide) groups is 1. The molecule has 0 bridgehead atoms. The molecular formula is C13H9Br2FS. The van der Waals surface area contributed by atoms with E-state index in [0.29, 0.717) is 5.75 Å². The van der Waals surface area contributed by atoms with Gasteiger partial charge in [-0.2, -0.15) is 0 Å². The number of benzene rings is 2. The third-order valence-corrected chi connectivity index (χ3v) is 4.31. The predicted molar refractivity (Wildman–Crippen MR) is 77.8 cm³/mol. The fraction of sp³-hybridized carbons (Fsp3) is 0.0769. The largest absolute Gasteiger partial charge is 0.207 e. The third kappa shape index (κ3) is 3.83. The zero-order chi connectivity index (χ0) is 12.3. The van der Waals surface area contributed by atoms with Crippen LogP contribution in [0, 0.1) is 5.82 Å². The van der Waals surface area contributed by atoms with Gasteiger partial charge in [0.05, 0.1) is 0 Å². The van der Waals surface area contributed by atoms with Gasteiger partial charge in [0.15, 0.2) is 0 Å². The summed E-state index contributed by atoms with van der Waals surface area (Å²) in [7, 11) is 0. The van der Waals surface area contributed by atoms with Gasteiger partial charge in [0.25, 0.3) is 0 Å². The second-order valence-electron chi connectivity index (χ2n) is 3.48. The fourth-order valence-corrected chi connectivity index (χ4v) is 2.81. The molecule has 0 atom stereocenters. The molecule has 88 valence electrons. The average molecular weight is 376 g/mol. The molecule has 0 saturated carbocycles. The quantitative estimate of drug-likeness (QED) is 0.625. The maximum absolute atomic E-state index is 13.6. The van der Waals surface area contributed by atoms with Gasteiger partial charge in [-0.1, -0.05) is 37.9 Å². The molecule has 0 aliphatic heterocycles. The summed E-state index contributed by atoms with van der Waals surface area (Å²) in [4.78, 5) is 1.13. The molecule has 0 amide bonds. The predicted octanol–water partition coefficient (Wildman–Crippen LogP) is 5.64. The number of rotatable bonds is 3. The smallest absolute Gasteiger partial charge is 0.128 e. The first kappa shape index (κ1) is 13.1. The van der Waals surface area contributed by atoms with Crippen molar-refractivity contribution in [3.05, 3.63) is 62.8 Å². The average Bonchev–Trinajstić information content (AvgIpc) is 2.30. The van der Waals surface area contributed by atoms with Crippen molar-refractivity contribution in [3.63, 3.8) is 0 Å². The Labute approximate surface area is 121 Å². The standard InChI is InChI=1S/C13H9Br2FS/c14-10-3-5-12(6-4-10)17-8-9-1-2-11(15)7-13(9)16/h1-7H,8H2. The monoisotopic (exact) mass is 374 g/mol. The molecule has 0 heterocycles. The van der Waals surface area contributed by atoms with E-state index in [1.54, 1.807) is 11.8 Å². The first-order chi connectivity index (χ1) is 8.15.